The summed E-state index contributed by atoms with van der Waals surface area (Å²) in [4.78, 5) is 0. The molecule has 1 aliphatic carbocycles. The number of hydrogen-bond donors (Lipinski definition) is 1. The van der Waals surface area contributed by atoms with Crippen LogP contribution in [0.1, 0.15) is 54.6 Å². The van der Waals surface area contributed by atoms with E-state index in [-0.39, 0.29) is 6.04 Å². The van der Waals surface area contributed by atoms with Crippen LogP contribution in [0, 0.1) is 0 Å². The highest BCUT2D eigenvalue weighted by atomic mass is 15.4. The van der Waals surface area contributed by atoms with Gasteiger partial charge in [-0.25, -0.2) is 4.68 Å². The van der Waals surface area contributed by atoms with Crippen LogP contribution in [-0.2, 0) is 19.4 Å². The molecule has 1 heterocycles. The van der Waals surface area contributed by atoms with Crippen molar-refractivity contribution in [2.45, 2.75) is 51.6 Å². The van der Waals surface area contributed by atoms with E-state index in [2.05, 4.69) is 35.4 Å². The maximum absolute atomic E-state index is 6.07. The first-order valence-corrected chi connectivity index (χ1v) is 7.52. The molecule has 4 nitrogen and oxygen atoms in total. The Morgan fingerprint density at radius 2 is 2.15 bits per heavy atom. The fraction of sp³-hybridized carbons (Fsp3) is 0.500. The van der Waals surface area contributed by atoms with E-state index >= 15 is 0 Å². The molecule has 0 radical (unpaired) electrons. The Balaban J connectivity index is 1.71. The summed E-state index contributed by atoms with van der Waals surface area (Å²) < 4.78 is 1.89. The second-order valence-electron chi connectivity index (χ2n) is 5.69. The van der Waals surface area contributed by atoms with Gasteiger partial charge in [-0.15, -0.1) is 5.10 Å². The van der Waals surface area contributed by atoms with Gasteiger partial charge < -0.3 is 5.73 Å². The zero-order chi connectivity index (χ0) is 13.9. The number of fused-ring (bicyclic) bond motifs is 1. The molecule has 3 rings (SSSR count). The van der Waals surface area contributed by atoms with E-state index in [0.717, 1.165) is 25.1 Å². The molecule has 20 heavy (non-hydrogen) atoms. The monoisotopic (exact) mass is 270 g/mol. The zero-order valence-electron chi connectivity index (χ0n) is 12.0. The van der Waals surface area contributed by atoms with Crippen molar-refractivity contribution < 1.29 is 0 Å². The summed E-state index contributed by atoms with van der Waals surface area (Å²) in [5.74, 6) is 0. The first-order chi connectivity index (χ1) is 9.76. The molecule has 0 bridgehead atoms. The zero-order valence-corrected chi connectivity index (χ0v) is 12.0. The van der Waals surface area contributed by atoms with Gasteiger partial charge in [-0.2, -0.15) is 0 Å². The van der Waals surface area contributed by atoms with Crippen LogP contribution < -0.4 is 5.73 Å². The lowest BCUT2D eigenvalue weighted by atomic mass is 10.1. The first kappa shape index (κ1) is 13.3. The van der Waals surface area contributed by atoms with Crippen molar-refractivity contribution >= 4 is 0 Å². The van der Waals surface area contributed by atoms with Crippen molar-refractivity contribution in [1.82, 2.24) is 15.0 Å². The molecule has 0 aliphatic heterocycles. The standard InChI is InChI=1S/C16H22N4/c1-2-4-15(17)16-11-20(19-18-16)10-12-7-8-13-5-3-6-14(13)9-12/h7-9,11,15H,2-6,10,17H2,1H3. The van der Waals surface area contributed by atoms with Crippen LogP contribution in [0.15, 0.2) is 24.4 Å². The van der Waals surface area contributed by atoms with Crippen molar-refractivity contribution in [3.05, 3.63) is 46.8 Å². The SMILES string of the molecule is CCCC(N)c1cn(Cc2ccc3c(c2)CCC3)nn1. The van der Waals surface area contributed by atoms with Crippen molar-refractivity contribution in [2.24, 2.45) is 5.73 Å². The largest absolute Gasteiger partial charge is 0.323 e. The van der Waals surface area contributed by atoms with Crippen molar-refractivity contribution in [3.8, 4) is 0 Å². The molecule has 0 saturated heterocycles. The van der Waals surface area contributed by atoms with Gasteiger partial charge in [0.05, 0.1) is 24.5 Å². The third-order valence-corrected chi connectivity index (χ3v) is 4.04. The Kier molecular flexibility index (Phi) is 3.83. The minimum absolute atomic E-state index is 0.00812. The second kappa shape index (κ2) is 5.75. The summed E-state index contributed by atoms with van der Waals surface area (Å²) in [5.41, 5.74) is 11.3. The van der Waals surface area contributed by atoms with Crippen molar-refractivity contribution in [1.29, 1.82) is 0 Å². The maximum Gasteiger partial charge on any atom is 0.0994 e. The summed E-state index contributed by atoms with van der Waals surface area (Å²) in [6, 6.07) is 6.79. The normalized spacial score (nSPS) is 15.3. The van der Waals surface area contributed by atoms with Gasteiger partial charge in [-0.1, -0.05) is 36.8 Å². The number of benzene rings is 1. The Labute approximate surface area is 120 Å². The van der Waals surface area contributed by atoms with Crippen LogP contribution in [0.2, 0.25) is 0 Å². The summed E-state index contributed by atoms with van der Waals surface area (Å²) in [6.45, 7) is 2.91. The maximum atomic E-state index is 6.07. The van der Waals surface area contributed by atoms with Gasteiger partial charge in [-0.05, 0) is 42.4 Å². The van der Waals surface area contributed by atoms with Gasteiger partial charge in [0, 0.05) is 0 Å². The molecule has 2 N–H and O–H groups in total. The molecule has 1 unspecified atom stereocenters. The predicted molar refractivity (Wildman–Crippen MR) is 79.4 cm³/mol. The van der Waals surface area contributed by atoms with Gasteiger partial charge in [0.15, 0.2) is 0 Å². The third-order valence-electron chi connectivity index (χ3n) is 4.04. The molecule has 0 fully saturated rings. The van der Waals surface area contributed by atoms with Crippen LogP contribution in [0.25, 0.3) is 0 Å². The quantitative estimate of drug-likeness (QED) is 0.908. The fourth-order valence-electron chi connectivity index (χ4n) is 2.93. The molecule has 1 aromatic carbocycles. The van der Waals surface area contributed by atoms with Crippen molar-refractivity contribution in [2.75, 3.05) is 0 Å². The highest BCUT2D eigenvalue weighted by Gasteiger charge is 2.12. The minimum Gasteiger partial charge on any atom is -0.323 e. The molecule has 4 heteroatoms. The molecular formula is C16H22N4. The van der Waals surface area contributed by atoms with E-state index in [1.807, 2.05) is 10.9 Å². The van der Waals surface area contributed by atoms with Crippen molar-refractivity contribution in [3.63, 3.8) is 0 Å². The molecule has 0 saturated carbocycles. The Morgan fingerprint density at radius 1 is 1.30 bits per heavy atom. The minimum atomic E-state index is 0.00812. The smallest absolute Gasteiger partial charge is 0.0994 e. The average Bonchev–Trinajstić information content (AvgIpc) is 3.07. The molecule has 1 atom stereocenters. The number of rotatable bonds is 5. The highest BCUT2D eigenvalue weighted by molar-refractivity contribution is 5.35. The van der Waals surface area contributed by atoms with Crippen LogP contribution >= 0.6 is 0 Å². The number of nitrogens with two attached hydrogens (primary N) is 1. The molecule has 1 aromatic heterocycles. The molecule has 2 aromatic rings. The Hall–Kier alpha value is -1.68. The Morgan fingerprint density at radius 3 is 3.00 bits per heavy atom. The first-order valence-electron chi connectivity index (χ1n) is 7.52. The summed E-state index contributed by atoms with van der Waals surface area (Å²) in [5, 5.41) is 8.39. The number of hydrogen-bond acceptors (Lipinski definition) is 3. The van der Waals surface area contributed by atoms with E-state index in [9.17, 15) is 0 Å². The van der Waals surface area contributed by atoms with Crippen LogP contribution in [-0.4, -0.2) is 15.0 Å². The lowest BCUT2D eigenvalue weighted by Crippen LogP contribution is -2.10. The van der Waals surface area contributed by atoms with E-state index < -0.39 is 0 Å². The van der Waals surface area contributed by atoms with E-state index in [0.29, 0.717) is 0 Å². The van der Waals surface area contributed by atoms with Crippen LogP contribution in [0.3, 0.4) is 0 Å². The van der Waals surface area contributed by atoms with Gasteiger partial charge in [0.1, 0.15) is 0 Å². The number of aromatic nitrogens is 3. The second-order valence-corrected chi connectivity index (χ2v) is 5.69. The van der Waals surface area contributed by atoms with Gasteiger partial charge >= 0.3 is 0 Å². The van der Waals surface area contributed by atoms with Crippen LogP contribution in [0.4, 0.5) is 0 Å². The molecular weight excluding hydrogens is 248 g/mol. The van der Waals surface area contributed by atoms with E-state index in [4.69, 9.17) is 5.73 Å². The Bertz CT molecular complexity index is 588. The summed E-state index contributed by atoms with van der Waals surface area (Å²) in [6.07, 6.45) is 7.74. The highest BCUT2D eigenvalue weighted by Crippen LogP contribution is 2.23. The number of aryl methyl sites for hydroxylation is 2. The van der Waals surface area contributed by atoms with E-state index in [1.54, 1.807) is 0 Å². The topological polar surface area (TPSA) is 56.7 Å². The molecule has 0 spiro atoms. The molecule has 106 valence electrons. The van der Waals surface area contributed by atoms with E-state index in [1.165, 1.54) is 36.0 Å². The predicted octanol–water partition coefficient (Wildman–Crippen LogP) is 2.62. The average molecular weight is 270 g/mol. The molecule has 0 amide bonds. The molecule has 1 aliphatic rings. The fourth-order valence-corrected chi connectivity index (χ4v) is 2.93. The van der Waals surface area contributed by atoms with Gasteiger partial charge in [-0.3, -0.25) is 0 Å². The van der Waals surface area contributed by atoms with Crippen LogP contribution in [0.5, 0.6) is 0 Å². The lowest BCUT2D eigenvalue weighted by Gasteiger charge is -2.06. The number of nitrogens with zero attached hydrogens (tertiary/aromatic N) is 3. The van der Waals surface area contributed by atoms with Gasteiger partial charge in [0.25, 0.3) is 0 Å². The summed E-state index contributed by atoms with van der Waals surface area (Å²) >= 11 is 0. The summed E-state index contributed by atoms with van der Waals surface area (Å²) in [7, 11) is 0. The lowest BCUT2D eigenvalue weighted by molar-refractivity contribution is 0.617. The van der Waals surface area contributed by atoms with Gasteiger partial charge in [0.2, 0.25) is 0 Å². The third kappa shape index (κ3) is 2.75.